The van der Waals surface area contributed by atoms with Crippen molar-refractivity contribution in [3.05, 3.63) is 40.8 Å². The van der Waals surface area contributed by atoms with E-state index in [4.69, 9.17) is 9.26 Å². The number of piperidine rings is 1. The number of rotatable bonds is 6. The van der Waals surface area contributed by atoms with Gasteiger partial charge >= 0.3 is 0 Å². The van der Waals surface area contributed by atoms with Crippen LogP contribution in [0.25, 0.3) is 0 Å². The highest BCUT2D eigenvalue weighted by molar-refractivity contribution is 7.89. The summed E-state index contributed by atoms with van der Waals surface area (Å²) in [7, 11) is -3.65. The Morgan fingerprint density at radius 1 is 1.24 bits per heavy atom. The van der Waals surface area contributed by atoms with E-state index in [2.05, 4.69) is 10.5 Å². The third-order valence-electron chi connectivity index (χ3n) is 5.07. The van der Waals surface area contributed by atoms with Crippen molar-refractivity contribution in [2.45, 2.75) is 51.5 Å². The molecule has 8 nitrogen and oxygen atoms in total. The molecule has 1 N–H and O–H groups in total. The summed E-state index contributed by atoms with van der Waals surface area (Å²) >= 11 is 0. The molecule has 158 valence electrons. The second-order valence-electron chi connectivity index (χ2n) is 7.46. The first-order chi connectivity index (χ1) is 13.7. The van der Waals surface area contributed by atoms with Crippen LogP contribution in [0.15, 0.2) is 27.6 Å². The molecule has 1 aliphatic rings. The van der Waals surface area contributed by atoms with Gasteiger partial charge in [-0.3, -0.25) is 4.79 Å². The average molecular weight is 422 g/mol. The van der Waals surface area contributed by atoms with E-state index in [-0.39, 0.29) is 23.5 Å². The number of hydrogen-bond acceptors (Lipinski definition) is 6. The number of sulfonamides is 1. The first-order valence-corrected chi connectivity index (χ1v) is 11.0. The number of carbonyl (C=O) groups excluding carboxylic acids is 1. The van der Waals surface area contributed by atoms with Crippen molar-refractivity contribution < 1.29 is 22.5 Å². The number of amides is 1. The molecule has 0 unspecified atom stereocenters. The van der Waals surface area contributed by atoms with Gasteiger partial charge in [0.25, 0.3) is 5.91 Å². The summed E-state index contributed by atoms with van der Waals surface area (Å²) < 4.78 is 37.7. The molecule has 1 fully saturated rings. The lowest BCUT2D eigenvalue weighted by atomic mass is 10.1. The van der Waals surface area contributed by atoms with Gasteiger partial charge in [-0.2, -0.15) is 4.31 Å². The third-order valence-corrected chi connectivity index (χ3v) is 7.22. The van der Waals surface area contributed by atoms with Gasteiger partial charge in [0.05, 0.1) is 0 Å². The molecule has 2 aromatic rings. The van der Waals surface area contributed by atoms with Crippen molar-refractivity contribution in [1.29, 1.82) is 0 Å². The maximum Gasteiger partial charge on any atom is 0.258 e. The molecule has 1 aliphatic heterocycles. The van der Waals surface area contributed by atoms with Crippen LogP contribution in [0.5, 0.6) is 5.75 Å². The maximum atomic E-state index is 12.9. The van der Waals surface area contributed by atoms with E-state index in [0.29, 0.717) is 43.1 Å². The van der Waals surface area contributed by atoms with Crippen molar-refractivity contribution in [2.75, 3.05) is 19.7 Å². The van der Waals surface area contributed by atoms with Crippen molar-refractivity contribution in [3.8, 4) is 5.75 Å². The third kappa shape index (κ3) is 4.79. The first-order valence-electron chi connectivity index (χ1n) is 9.61. The largest absolute Gasteiger partial charge is 0.484 e. The quantitative estimate of drug-likeness (QED) is 0.768. The van der Waals surface area contributed by atoms with E-state index in [1.807, 2.05) is 32.0 Å². The highest BCUT2D eigenvalue weighted by atomic mass is 32.2. The second kappa shape index (κ2) is 8.54. The van der Waals surface area contributed by atoms with Crippen LogP contribution in [0.4, 0.5) is 0 Å². The van der Waals surface area contributed by atoms with E-state index in [1.165, 1.54) is 4.31 Å². The normalized spacial score (nSPS) is 16.0. The van der Waals surface area contributed by atoms with Gasteiger partial charge < -0.3 is 14.6 Å². The molecule has 29 heavy (non-hydrogen) atoms. The van der Waals surface area contributed by atoms with Gasteiger partial charge in [0.2, 0.25) is 10.0 Å². The zero-order valence-corrected chi connectivity index (χ0v) is 18.0. The molecule has 0 aliphatic carbocycles. The summed E-state index contributed by atoms with van der Waals surface area (Å²) in [5, 5.41) is 6.67. The van der Waals surface area contributed by atoms with E-state index >= 15 is 0 Å². The molecule has 0 radical (unpaired) electrons. The lowest BCUT2D eigenvalue weighted by molar-refractivity contribution is -0.124. The lowest BCUT2D eigenvalue weighted by Crippen LogP contribution is -2.47. The molecule has 0 atom stereocenters. The van der Waals surface area contributed by atoms with E-state index in [9.17, 15) is 13.2 Å². The topological polar surface area (TPSA) is 102 Å². The molecule has 2 heterocycles. The van der Waals surface area contributed by atoms with Gasteiger partial charge in [-0.15, -0.1) is 0 Å². The highest BCUT2D eigenvalue weighted by Crippen LogP contribution is 2.26. The second-order valence-corrected chi connectivity index (χ2v) is 9.33. The molecule has 1 aromatic carbocycles. The number of carbonyl (C=O) groups is 1. The maximum absolute atomic E-state index is 12.9. The first kappa shape index (κ1) is 21.3. The number of benzene rings is 1. The molecule has 1 amide bonds. The highest BCUT2D eigenvalue weighted by Gasteiger charge is 2.34. The van der Waals surface area contributed by atoms with Crippen LogP contribution in [-0.2, 0) is 14.8 Å². The number of aryl methyl sites for hydroxylation is 4. The van der Waals surface area contributed by atoms with Crippen LogP contribution >= 0.6 is 0 Å². The van der Waals surface area contributed by atoms with Gasteiger partial charge in [0.15, 0.2) is 12.4 Å². The van der Waals surface area contributed by atoms with Crippen LogP contribution in [0, 0.1) is 27.7 Å². The number of nitrogens with zero attached hydrogens (tertiary/aromatic N) is 2. The predicted molar refractivity (Wildman–Crippen MR) is 107 cm³/mol. The van der Waals surface area contributed by atoms with Gasteiger partial charge in [-0.1, -0.05) is 22.9 Å². The van der Waals surface area contributed by atoms with E-state index in [0.717, 1.165) is 11.1 Å². The zero-order chi connectivity index (χ0) is 21.2. The monoisotopic (exact) mass is 421 g/mol. The molecule has 0 spiro atoms. The van der Waals surface area contributed by atoms with Gasteiger partial charge in [-0.05, 0) is 52.2 Å². The smallest absolute Gasteiger partial charge is 0.258 e. The molecule has 3 rings (SSSR count). The van der Waals surface area contributed by atoms with Crippen LogP contribution in [0.3, 0.4) is 0 Å². The fourth-order valence-electron chi connectivity index (χ4n) is 3.59. The van der Waals surface area contributed by atoms with E-state index in [1.54, 1.807) is 13.8 Å². The van der Waals surface area contributed by atoms with Crippen molar-refractivity contribution >= 4 is 15.9 Å². The number of nitrogens with one attached hydrogen (secondary N) is 1. The lowest BCUT2D eigenvalue weighted by Gasteiger charge is -2.31. The Hall–Kier alpha value is -2.39. The Morgan fingerprint density at radius 3 is 2.52 bits per heavy atom. The predicted octanol–water partition coefficient (Wildman–Crippen LogP) is 2.26. The molecule has 9 heteroatoms. The van der Waals surface area contributed by atoms with Crippen LogP contribution in [0.1, 0.15) is 35.4 Å². The van der Waals surface area contributed by atoms with Crippen molar-refractivity contribution in [3.63, 3.8) is 0 Å². The van der Waals surface area contributed by atoms with Gasteiger partial charge in [0, 0.05) is 19.1 Å². The summed E-state index contributed by atoms with van der Waals surface area (Å²) in [6.07, 6.45) is 1.08. The Kier molecular flexibility index (Phi) is 6.28. The fraction of sp³-hybridized carbons (Fsp3) is 0.500. The number of aromatic nitrogens is 1. The van der Waals surface area contributed by atoms with Crippen molar-refractivity contribution in [2.24, 2.45) is 0 Å². The average Bonchev–Trinajstić information content (AvgIpc) is 3.00. The summed E-state index contributed by atoms with van der Waals surface area (Å²) in [6.45, 7) is 7.74. The summed E-state index contributed by atoms with van der Waals surface area (Å²) in [4.78, 5) is 12.4. The molecule has 1 aromatic heterocycles. The molecule has 0 saturated carbocycles. The summed E-state index contributed by atoms with van der Waals surface area (Å²) in [5.41, 5.74) is 2.48. The number of ether oxygens (including phenoxy) is 1. The van der Waals surface area contributed by atoms with Crippen molar-refractivity contribution in [1.82, 2.24) is 14.8 Å². The SMILES string of the molecule is Cc1ccc(OCC(=O)NC2CCN(S(=O)(=O)c3c(C)noc3C)CC2)c(C)c1. The Labute approximate surface area is 171 Å². The summed E-state index contributed by atoms with van der Waals surface area (Å²) in [5.74, 6) is 0.768. The van der Waals surface area contributed by atoms with Crippen LogP contribution < -0.4 is 10.1 Å². The van der Waals surface area contributed by atoms with E-state index < -0.39 is 10.0 Å². The standard InChI is InChI=1S/C20H27N3O5S/c1-13-5-6-18(14(2)11-13)27-12-19(24)21-17-7-9-23(10-8-17)29(25,26)20-15(3)22-28-16(20)4/h5-6,11,17H,7-10,12H2,1-4H3,(H,21,24). The fourth-order valence-corrected chi connectivity index (χ4v) is 5.35. The molecule has 1 saturated heterocycles. The van der Waals surface area contributed by atoms with Crippen LogP contribution in [0.2, 0.25) is 0 Å². The Bertz CT molecular complexity index is 972. The Balaban J connectivity index is 1.51. The minimum atomic E-state index is -3.65. The van der Waals surface area contributed by atoms with Gasteiger partial charge in [0.1, 0.15) is 16.3 Å². The minimum absolute atomic E-state index is 0.0680. The Morgan fingerprint density at radius 2 is 1.93 bits per heavy atom. The number of hydrogen-bond donors (Lipinski definition) is 1. The zero-order valence-electron chi connectivity index (χ0n) is 17.2. The minimum Gasteiger partial charge on any atom is -0.484 e. The van der Waals surface area contributed by atoms with Crippen LogP contribution in [-0.4, -0.2) is 49.5 Å². The molecular weight excluding hydrogens is 394 g/mol. The molecule has 0 bridgehead atoms. The summed E-state index contributed by atoms with van der Waals surface area (Å²) in [6, 6.07) is 5.72. The molecular formula is C20H27N3O5S. The van der Waals surface area contributed by atoms with Gasteiger partial charge in [-0.25, -0.2) is 8.42 Å².